The molecule has 2 heteroatoms. The molecule has 1 aromatic rings. The quantitative estimate of drug-likeness (QED) is 0.794. The van der Waals surface area contributed by atoms with Crippen LogP contribution in [0, 0.1) is 11.2 Å². The summed E-state index contributed by atoms with van der Waals surface area (Å²) in [5.41, 5.74) is 7.66. The summed E-state index contributed by atoms with van der Waals surface area (Å²) in [5, 5.41) is 0. The summed E-state index contributed by atoms with van der Waals surface area (Å²) in [6.07, 6.45) is 10.2. The van der Waals surface area contributed by atoms with E-state index in [0.29, 0.717) is 5.41 Å². The standard InChI is InChI=1S/C16H22FN/c17-14-7-5-6-13(10-14)16(18)11-15(12-16)8-3-1-2-4-9-15/h5-7,10H,1-4,8-9,11-12,18H2. The van der Waals surface area contributed by atoms with E-state index in [1.165, 1.54) is 44.6 Å². The first kappa shape index (κ1) is 12.2. The van der Waals surface area contributed by atoms with Crippen molar-refractivity contribution in [1.29, 1.82) is 0 Å². The van der Waals surface area contributed by atoms with Crippen molar-refractivity contribution in [2.24, 2.45) is 11.1 Å². The Morgan fingerprint density at radius 1 is 1.00 bits per heavy atom. The molecular weight excluding hydrogens is 225 g/mol. The van der Waals surface area contributed by atoms with Gasteiger partial charge in [-0.15, -0.1) is 0 Å². The SMILES string of the molecule is NC1(c2cccc(F)c2)CC2(CCCCCC2)C1. The normalized spacial score (nSPS) is 25.4. The third kappa shape index (κ3) is 2.07. The number of nitrogens with two attached hydrogens (primary N) is 1. The van der Waals surface area contributed by atoms with Crippen molar-refractivity contribution < 1.29 is 4.39 Å². The lowest BCUT2D eigenvalue weighted by atomic mass is 9.53. The van der Waals surface area contributed by atoms with Gasteiger partial charge in [0, 0.05) is 5.54 Å². The van der Waals surface area contributed by atoms with Crippen LogP contribution in [0.4, 0.5) is 4.39 Å². The fourth-order valence-corrected chi connectivity index (χ4v) is 4.12. The summed E-state index contributed by atoms with van der Waals surface area (Å²) >= 11 is 0. The average Bonchev–Trinajstić information content (AvgIpc) is 2.54. The Morgan fingerprint density at radius 3 is 2.28 bits per heavy atom. The van der Waals surface area contributed by atoms with Crippen LogP contribution in [-0.4, -0.2) is 0 Å². The first-order valence-corrected chi connectivity index (χ1v) is 7.17. The molecular formula is C16H22FN. The molecule has 1 nitrogen and oxygen atoms in total. The molecule has 0 heterocycles. The summed E-state index contributed by atoms with van der Waals surface area (Å²) in [4.78, 5) is 0. The topological polar surface area (TPSA) is 26.0 Å². The first-order chi connectivity index (χ1) is 8.62. The highest BCUT2D eigenvalue weighted by atomic mass is 19.1. The van der Waals surface area contributed by atoms with Crippen LogP contribution in [0.5, 0.6) is 0 Å². The Balaban J connectivity index is 1.76. The Hall–Kier alpha value is -0.890. The molecule has 0 bridgehead atoms. The molecule has 3 rings (SSSR count). The predicted molar refractivity (Wildman–Crippen MR) is 71.6 cm³/mol. The van der Waals surface area contributed by atoms with Crippen molar-refractivity contribution in [2.45, 2.75) is 56.9 Å². The molecule has 18 heavy (non-hydrogen) atoms. The van der Waals surface area contributed by atoms with E-state index >= 15 is 0 Å². The molecule has 2 aliphatic rings. The lowest BCUT2D eigenvalue weighted by molar-refractivity contribution is 0.00947. The van der Waals surface area contributed by atoms with Gasteiger partial charge in [-0.05, 0) is 48.8 Å². The third-order valence-corrected chi connectivity index (χ3v) is 4.94. The highest BCUT2D eigenvalue weighted by molar-refractivity contribution is 5.29. The van der Waals surface area contributed by atoms with Crippen molar-refractivity contribution in [3.63, 3.8) is 0 Å². The van der Waals surface area contributed by atoms with E-state index in [2.05, 4.69) is 0 Å². The van der Waals surface area contributed by atoms with Gasteiger partial charge >= 0.3 is 0 Å². The van der Waals surface area contributed by atoms with Crippen LogP contribution in [-0.2, 0) is 5.54 Å². The van der Waals surface area contributed by atoms with Crippen LogP contribution in [0.2, 0.25) is 0 Å². The van der Waals surface area contributed by atoms with Crippen LogP contribution < -0.4 is 5.73 Å². The monoisotopic (exact) mass is 247 g/mol. The molecule has 0 aliphatic heterocycles. The zero-order valence-electron chi connectivity index (χ0n) is 10.9. The molecule has 0 atom stereocenters. The van der Waals surface area contributed by atoms with Gasteiger partial charge in [0.05, 0.1) is 0 Å². The highest BCUT2D eigenvalue weighted by Crippen LogP contribution is 2.58. The van der Waals surface area contributed by atoms with Crippen LogP contribution in [0.25, 0.3) is 0 Å². The van der Waals surface area contributed by atoms with E-state index in [-0.39, 0.29) is 11.4 Å². The van der Waals surface area contributed by atoms with Gasteiger partial charge in [-0.1, -0.05) is 37.8 Å². The van der Waals surface area contributed by atoms with Crippen LogP contribution in [0.15, 0.2) is 24.3 Å². The molecule has 2 fully saturated rings. The van der Waals surface area contributed by atoms with Crippen molar-refractivity contribution in [3.05, 3.63) is 35.6 Å². The molecule has 0 amide bonds. The maximum Gasteiger partial charge on any atom is 0.123 e. The van der Waals surface area contributed by atoms with Gasteiger partial charge in [-0.3, -0.25) is 0 Å². The molecule has 0 unspecified atom stereocenters. The minimum Gasteiger partial charge on any atom is -0.321 e. The molecule has 0 saturated heterocycles. The average molecular weight is 247 g/mol. The van der Waals surface area contributed by atoms with Crippen molar-refractivity contribution in [2.75, 3.05) is 0 Å². The van der Waals surface area contributed by atoms with Gasteiger partial charge in [-0.25, -0.2) is 4.39 Å². The number of hydrogen-bond donors (Lipinski definition) is 1. The van der Waals surface area contributed by atoms with Gasteiger partial charge in [0.15, 0.2) is 0 Å². The molecule has 98 valence electrons. The zero-order chi connectivity index (χ0) is 12.6. The second kappa shape index (κ2) is 4.34. The highest BCUT2D eigenvalue weighted by Gasteiger charge is 2.52. The first-order valence-electron chi connectivity index (χ1n) is 7.17. The summed E-state index contributed by atoms with van der Waals surface area (Å²) in [7, 11) is 0. The van der Waals surface area contributed by atoms with Crippen molar-refractivity contribution in [1.82, 2.24) is 0 Å². The molecule has 1 spiro atoms. The Kier molecular flexibility index (Phi) is 2.93. The van der Waals surface area contributed by atoms with Gasteiger partial charge in [0.2, 0.25) is 0 Å². The van der Waals surface area contributed by atoms with Crippen molar-refractivity contribution in [3.8, 4) is 0 Å². The van der Waals surface area contributed by atoms with E-state index in [0.717, 1.165) is 18.4 Å². The van der Waals surface area contributed by atoms with Crippen LogP contribution in [0.1, 0.15) is 56.9 Å². The second-order valence-corrected chi connectivity index (χ2v) is 6.43. The number of halogens is 1. The van der Waals surface area contributed by atoms with Gasteiger partial charge in [-0.2, -0.15) is 0 Å². The molecule has 2 aliphatic carbocycles. The smallest absolute Gasteiger partial charge is 0.123 e. The molecule has 0 radical (unpaired) electrons. The summed E-state index contributed by atoms with van der Waals surface area (Å²) in [6, 6.07) is 6.86. The predicted octanol–water partition coefficient (Wildman–Crippen LogP) is 4.11. The van der Waals surface area contributed by atoms with Gasteiger partial charge in [0.25, 0.3) is 0 Å². The fourth-order valence-electron chi connectivity index (χ4n) is 4.12. The van der Waals surface area contributed by atoms with E-state index in [1.807, 2.05) is 6.07 Å². The third-order valence-electron chi connectivity index (χ3n) is 4.94. The Bertz CT molecular complexity index is 424. The summed E-state index contributed by atoms with van der Waals surface area (Å²) in [6.45, 7) is 0. The maximum atomic E-state index is 13.3. The second-order valence-electron chi connectivity index (χ2n) is 6.43. The van der Waals surface area contributed by atoms with Crippen LogP contribution >= 0.6 is 0 Å². The molecule has 2 N–H and O–H groups in total. The van der Waals surface area contributed by atoms with E-state index < -0.39 is 0 Å². The van der Waals surface area contributed by atoms with Crippen molar-refractivity contribution >= 4 is 0 Å². The summed E-state index contributed by atoms with van der Waals surface area (Å²) < 4.78 is 13.3. The van der Waals surface area contributed by atoms with Gasteiger partial charge < -0.3 is 5.73 Å². The Labute approximate surface area is 109 Å². The molecule has 0 aromatic heterocycles. The maximum absolute atomic E-state index is 13.3. The minimum absolute atomic E-state index is 0.167. The van der Waals surface area contributed by atoms with Crippen LogP contribution in [0.3, 0.4) is 0 Å². The summed E-state index contributed by atoms with van der Waals surface area (Å²) in [5.74, 6) is -0.167. The molecule has 2 saturated carbocycles. The largest absolute Gasteiger partial charge is 0.321 e. The number of hydrogen-bond acceptors (Lipinski definition) is 1. The fraction of sp³-hybridized carbons (Fsp3) is 0.625. The minimum atomic E-state index is -0.271. The zero-order valence-corrected chi connectivity index (χ0v) is 10.9. The lowest BCUT2D eigenvalue weighted by Crippen LogP contribution is -2.55. The number of rotatable bonds is 1. The Morgan fingerprint density at radius 2 is 1.67 bits per heavy atom. The molecule has 1 aromatic carbocycles. The number of benzene rings is 1. The van der Waals surface area contributed by atoms with Gasteiger partial charge in [0.1, 0.15) is 5.82 Å². The van der Waals surface area contributed by atoms with E-state index in [1.54, 1.807) is 12.1 Å². The van der Waals surface area contributed by atoms with E-state index in [9.17, 15) is 4.39 Å². The lowest BCUT2D eigenvalue weighted by Gasteiger charge is -2.55. The van der Waals surface area contributed by atoms with E-state index in [4.69, 9.17) is 5.73 Å².